The molecule has 2 N–H and O–H groups in total. The van der Waals surface area contributed by atoms with Crippen LogP contribution in [0.3, 0.4) is 0 Å². The van der Waals surface area contributed by atoms with Gasteiger partial charge in [-0.15, -0.1) is 0 Å². The van der Waals surface area contributed by atoms with Crippen molar-refractivity contribution in [3.63, 3.8) is 0 Å². The van der Waals surface area contributed by atoms with Gasteiger partial charge in [0.05, 0.1) is 46.2 Å². The van der Waals surface area contributed by atoms with Crippen molar-refractivity contribution in [1.82, 2.24) is 0 Å². The van der Waals surface area contributed by atoms with Crippen LogP contribution in [0, 0.1) is 0 Å². The molecule has 0 amide bonds. The summed E-state index contributed by atoms with van der Waals surface area (Å²) in [5, 5.41) is 20.5. The number of ether oxygens (including phenoxy) is 1. The van der Waals surface area contributed by atoms with Crippen molar-refractivity contribution >= 4 is 21.2 Å². The van der Waals surface area contributed by atoms with Crippen LogP contribution in [0.1, 0.15) is 11.1 Å². The summed E-state index contributed by atoms with van der Waals surface area (Å²) in [6.45, 7) is 0. The number of halogens is 6. The first-order valence-electron chi connectivity index (χ1n) is 9.13. The molecule has 2 aliphatic heterocycles. The van der Waals surface area contributed by atoms with Crippen molar-refractivity contribution in [2.45, 2.75) is 30.6 Å². The van der Waals surface area contributed by atoms with Gasteiger partial charge in [-0.2, -0.15) is 26.3 Å². The second-order valence-electron chi connectivity index (χ2n) is 7.53. The van der Waals surface area contributed by atoms with Crippen LogP contribution in [0.2, 0.25) is 0 Å². The van der Waals surface area contributed by atoms with Gasteiger partial charge in [-0.05, 0) is 36.4 Å². The van der Waals surface area contributed by atoms with Crippen LogP contribution in [-0.4, -0.2) is 48.4 Å². The van der Waals surface area contributed by atoms with E-state index in [9.17, 15) is 45.0 Å². The molecule has 4 rings (SSSR count). The average Bonchev–Trinajstić information content (AvgIpc) is 2.66. The summed E-state index contributed by atoms with van der Waals surface area (Å²) in [6.07, 6.45) is -12.9. The fourth-order valence-corrected chi connectivity index (χ4v) is 5.54. The Morgan fingerprint density at radius 2 is 1.31 bits per heavy atom. The first kappa shape index (κ1) is 22.7. The highest BCUT2D eigenvalue weighted by Gasteiger charge is 2.45. The molecule has 0 saturated carbocycles. The Kier molecular flexibility index (Phi) is 5.14. The number of sulfone groups is 1. The molecular weight excluding hydrogens is 468 g/mol. The fourth-order valence-electron chi connectivity index (χ4n) is 3.82. The summed E-state index contributed by atoms with van der Waals surface area (Å²) in [6, 6.07) is 3.10. The molecule has 2 aromatic carbocycles. The molecule has 0 unspecified atom stereocenters. The molecule has 1 saturated heterocycles. The summed E-state index contributed by atoms with van der Waals surface area (Å²) in [4.78, 5) is 1.10. The van der Waals surface area contributed by atoms with E-state index in [2.05, 4.69) is 0 Å². The van der Waals surface area contributed by atoms with Gasteiger partial charge in [-0.3, -0.25) is 0 Å². The van der Waals surface area contributed by atoms with Crippen LogP contribution in [0.25, 0.3) is 0 Å². The molecular formula is C19H15F6NO5S. The lowest BCUT2D eigenvalue weighted by atomic mass is 10.0. The van der Waals surface area contributed by atoms with E-state index in [0.717, 1.165) is 17.0 Å². The predicted molar refractivity (Wildman–Crippen MR) is 99.6 cm³/mol. The zero-order chi connectivity index (χ0) is 23.6. The minimum absolute atomic E-state index is 0.0985. The zero-order valence-electron chi connectivity index (χ0n) is 15.9. The molecule has 3 atom stereocenters. The van der Waals surface area contributed by atoms with E-state index in [0.29, 0.717) is 24.3 Å². The molecule has 13 heteroatoms. The number of hydrogen-bond donors (Lipinski definition) is 2. The maximum atomic E-state index is 13.2. The van der Waals surface area contributed by atoms with Crippen LogP contribution >= 0.6 is 0 Å². The first-order valence-corrected chi connectivity index (χ1v) is 11.0. The highest BCUT2D eigenvalue weighted by atomic mass is 32.2. The molecule has 0 bridgehead atoms. The number of rotatable bonds is 1. The molecule has 174 valence electrons. The average molecular weight is 483 g/mol. The van der Waals surface area contributed by atoms with Crippen LogP contribution in [0.15, 0.2) is 36.4 Å². The third kappa shape index (κ3) is 3.99. The summed E-state index contributed by atoms with van der Waals surface area (Å²) in [5.41, 5.74) is -2.47. The highest BCUT2D eigenvalue weighted by molar-refractivity contribution is 7.91. The summed E-state index contributed by atoms with van der Waals surface area (Å²) >= 11 is 0. The summed E-state index contributed by atoms with van der Waals surface area (Å²) in [5.74, 6) is -2.37. The van der Waals surface area contributed by atoms with Crippen molar-refractivity contribution in [3.05, 3.63) is 47.5 Å². The third-order valence-electron chi connectivity index (χ3n) is 5.28. The number of fused-ring (bicyclic) bond motifs is 2. The van der Waals surface area contributed by atoms with E-state index in [1.165, 1.54) is 0 Å². The lowest BCUT2D eigenvalue weighted by Gasteiger charge is -2.43. The second-order valence-corrected chi connectivity index (χ2v) is 9.69. The highest BCUT2D eigenvalue weighted by Crippen LogP contribution is 2.51. The number of benzene rings is 2. The molecule has 2 aliphatic rings. The van der Waals surface area contributed by atoms with Gasteiger partial charge >= 0.3 is 12.4 Å². The number of anilines is 2. The minimum Gasteiger partial charge on any atom is -0.453 e. The normalized spacial score (nSPS) is 25.0. The van der Waals surface area contributed by atoms with Crippen LogP contribution in [-0.2, 0) is 22.2 Å². The summed E-state index contributed by atoms with van der Waals surface area (Å²) < 4.78 is 109. The largest absolute Gasteiger partial charge is 0.453 e. The molecule has 2 heterocycles. The van der Waals surface area contributed by atoms with E-state index in [1.54, 1.807) is 0 Å². The van der Waals surface area contributed by atoms with Crippen LogP contribution in [0.5, 0.6) is 11.5 Å². The molecule has 2 aromatic rings. The first-order chi connectivity index (χ1) is 14.7. The van der Waals surface area contributed by atoms with Gasteiger partial charge in [0.15, 0.2) is 21.3 Å². The quantitative estimate of drug-likeness (QED) is 0.604. The molecule has 0 aliphatic carbocycles. The number of hydrogen-bond acceptors (Lipinski definition) is 6. The van der Waals surface area contributed by atoms with Gasteiger partial charge in [-0.25, -0.2) is 8.42 Å². The van der Waals surface area contributed by atoms with E-state index < -0.39 is 74.6 Å². The van der Waals surface area contributed by atoms with Crippen LogP contribution in [0.4, 0.5) is 37.7 Å². The molecule has 1 fully saturated rings. The van der Waals surface area contributed by atoms with Gasteiger partial charge in [0.2, 0.25) is 0 Å². The van der Waals surface area contributed by atoms with Gasteiger partial charge in [0.25, 0.3) is 0 Å². The van der Waals surface area contributed by atoms with Crippen LogP contribution < -0.4 is 9.64 Å². The predicted octanol–water partition coefficient (Wildman–Crippen LogP) is 3.49. The van der Waals surface area contributed by atoms with E-state index in [1.807, 2.05) is 0 Å². The summed E-state index contributed by atoms with van der Waals surface area (Å²) in [7, 11) is -3.88. The number of aliphatic hydroxyl groups is 2. The van der Waals surface area contributed by atoms with Gasteiger partial charge in [0.1, 0.15) is 6.10 Å². The Balaban J connectivity index is 1.91. The third-order valence-corrected chi connectivity index (χ3v) is 6.98. The smallest absolute Gasteiger partial charge is 0.416 e. The zero-order valence-corrected chi connectivity index (χ0v) is 16.7. The monoisotopic (exact) mass is 483 g/mol. The Labute approximate surface area is 177 Å². The van der Waals surface area contributed by atoms with Crippen molar-refractivity contribution in [3.8, 4) is 11.5 Å². The molecule has 32 heavy (non-hydrogen) atoms. The Hall–Kier alpha value is -2.51. The fraction of sp³-hybridized carbons (Fsp3) is 0.368. The maximum absolute atomic E-state index is 13.2. The topological polar surface area (TPSA) is 87.1 Å². The van der Waals surface area contributed by atoms with Crippen molar-refractivity contribution in [2.24, 2.45) is 0 Å². The van der Waals surface area contributed by atoms with Crippen molar-refractivity contribution in [1.29, 1.82) is 0 Å². The molecule has 0 spiro atoms. The van der Waals surface area contributed by atoms with Gasteiger partial charge in [0, 0.05) is 0 Å². The number of alkyl halides is 6. The van der Waals surface area contributed by atoms with Crippen molar-refractivity contribution in [2.75, 3.05) is 16.4 Å². The Morgan fingerprint density at radius 3 is 1.75 bits per heavy atom. The van der Waals surface area contributed by atoms with Gasteiger partial charge in [-0.1, -0.05) is 0 Å². The number of aliphatic hydroxyl groups excluding tert-OH is 2. The Bertz CT molecular complexity index is 1100. The van der Waals surface area contributed by atoms with E-state index >= 15 is 0 Å². The van der Waals surface area contributed by atoms with Crippen molar-refractivity contribution < 1.29 is 49.7 Å². The lowest BCUT2D eigenvalue weighted by Crippen LogP contribution is -2.57. The standard InChI is InChI=1S/C19H15F6NO5S/c20-18(21,22)9-1-3-11-15(5-9)31-16-6-10(19(23,24)25)2-4-12(16)26(11)13-7-32(29,30)8-14(27)17(13)28/h1-6,13-14,17,27-28H,7-8H2/t13-,14-,17+/m0/s1. The SMILES string of the molecule is O=S1(=O)C[C@H](O)[C@H](O)[C@@H](N2c3ccc(C(F)(F)F)cc3Oc3cc(C(F)(F)F)ccc32)C1. The van der Waals surface area contributed by atoms with Gasteiger partial charge < -0.3 is 19.8 Å². The molecule has 6 nitrogen and oxygen atoms in total. The lowest BCUT2D eigenvalue weighted by molar-refractivity contribution is -0.138. The maximum Gasteiger partial charge on any atom is 0.416 e. The number of nitrogens with zero attached hydrogens (tertiary/aromatic N) is 1. The molecule has 0 aromatic heterocycles. The Morgan fingerprint density at radius 1 is 0.844 bits per heavy atom. The second kappa shape index (κ2) is 7.25. The van der Waals surface area contributed by atoms with E-state index in [4.69, 9.17) is 4.74 Å². The minimum atomic E-state index is -4.78. The van der Waals surface area contributed by atoms with E-state index in [-0.39, 0.29) is 11.4 Å². The molecule has 0 radical (unpaired) electrons.